The van der Waals surface area contributed by atoms with Gasteiger partial charge in [0.25, 0.3) is 7.82 Å². The Balaban J connectivity index is 4.51. The molecule has 2 N–H and O–H groups in total. The van der Waals surface area contributed by atoms with Crippen molar-refractivity contribution in [3.05, 3.63) is 60.8 Å². The fraction of sp³-hybridized carbons (Fsp3) is 0.761. The van der Waals surface area contributed by atoms with Crippen molar-refractivity contribution in [1.29, 1.82) is 0 Å². The fourth-order valence-electron chi connectivity index (χ4n) is 5.91. The quantitative estimate of drug-likeness (QED) is 0.0278. The monoisotopic (exact) mass is 793 g/mol. The molecule has 0 spiro atoms. The zero-order chi connectivity index (χ0) is 40.7. The molecule has 0 aromatic heterocycles. The number of carbonyl (C=O) groups excluding carboxylic acids is 1. The number of carbonyl (C=O) groups is 1. The summed E-state index contributed by atoms with van der Waals surface area (Å²) in [5.41, 5.74) is 0. The van der Waals surface area contributed by atoms with Crippen molar-refractivity contribution < 1.29 is 32.9 Å². The van der Waals surface area contributed by atoms with Gasteiger partial charge in [0.15, 0.2) is 0 Å². The second kappa shape index (κ2) is 37.8. The molecule has 3 atom stereocenters. The zero-order valence-corrected chi connectivity index (χ0v) is 37.0. The molecule has 0 aliphatic carbocycles. The van der Waals surface area contributed by atoms with E-state index in [1.54, 1.807) is 6.08 Å². The van der Waals surface area contributed by atoms with E-state index in [4.69, 9.17) is 9.05 Å². The molecule has 9 heteroatoms. The Morgan fingerprint density at radius 2 is 1.05 bits per heavy atom. The third kappa shape index (κ3) is 40.2. The van der Waals surface area contributed by atoms with Gasteiger partial charge in [-0.25, -0.2) is 0 Å². The molecule has 55 heavy (non-hydrogen) atoms. The van der Waals surface area contributed by atoms with Gasteiger partial charge < -0.3 is 28.8 Å². The second-order valence-electron chi connectivity index (χ2n) is 16.0. The summed E-state index contributed by atoms with van der Waals surface area (Å²) in [4.78, 5) is 25.2. The van der Waals surface area contributed by atoms with Gasteiger partial charge in [0.1, 0.15) is 13.2 Å². The highest BCUT2D eigenvalue weighted by molar-refractivity contribution is 7.45. The van der Waals surface area contributed by atoms with Gasteiger partial charge in [0.2, 0.25) is 5.91 Å². The van der Waals surface area contributed by atoms with Crippen LogP contribution in [0.15, 0.2) is 60.8 Å². The van der Waals surface area contributed by atoms with E-state index in [-0.39, 0.29) is 18.9 Å². The number of rotatable bonds is 39. The van der Waals surface area contributed by atoms with Crippen molar-refractivity contribution in [2.24, 2.45) is 0 Å². The van der Waals surface area contributed by atoms with Crippen LogP contribution in [0.25, 0.3) is 0 Å². The van der Waals surface area contributed by atoms with E-state index in [1.165, 1.54) is 103 Å². The van der Waals surface area contributed by atoms with Crippen LogP contribution < -0.4 is 10.2 Å². The van der Waals surface area contributed by atoms with Gasteiger partial charge in [-0.15, -0.1) is 0 Å². The van der Waals surface area contributed by atoms with E-state index < -0.39 is 26.6 Å². The normalized spacial score (nSPS) is 15.0. The molecule has 0 bridgehead atoms. The van der Waals surface area contributed by atoms with Crippen molar-refractivity contribution in [3.63, 3.8) is 0 Å². The van der Waals surface area contributed by atoms with Crippen LogP contribution in [-0.2, 0) is 18.4 Å². The average molecular weight is 793 g/mol. The van der Waals surface area contributed by atoms with Crippen LogP contribution in [0.1, 0.15) is 174 Å². The second-order valence-corrected chi connectivity index (χ2v) is 17.5. The molecule has 0 heterocycles. The maximum absolute atomic E-state index is 12.8. The van der Waals surface area contributed by atoms with E-state index in [9.17, 15) is 19.4 Å². The molecule has 0 radical (unpaired) electrons. The van der Waals surface area contributed by atoms with Crippen LogP contribution in [0, 0.1) is 0 Å². The molecule has 0 aromatic carbocycles. The van der Waals surface area contributed by atoms with Gasteiger partial charge in [-0.1, -0.05) is 171 Å². The number of allylic oxidation sites excluding steroid dienone is 9. The standard InChI is InChI=1S/C46H85N2O6P/c1-6-8-10-12-14-16-18-20-21-22-23-24-25-26-27-28-30-32-34-36-38-40-46(50)47-44(43-54-55(51,52)53-42-41-48(3,4)5)45(49)39-37-35-33-31-29-19-17-15-13-11-9-7-2/h21-22,24-25,27-28,32,34,37,39,44-45,49H,6-20,23,26,29-31,33,35-36,38,40-43H2,1-5H3,(H-,47,50,51,52)/b22-21+,25-24+,28-27+,34-32+,39-37+/t44-,45+/m0/s1. The van der Waals surface area contributed by atoms with Crippen LogP contribution in [-0.4, -0.2) is 68.5 Å². The highest BCUT2D eigenvalue weighted by Crippen LogP contribution is 2.38. The van der Waals surface area contributed by atoms with Gasteiger partial charge in [-0.3, -0.25) is 9.36 Å². The molecule has 0 rings (SSSR count). The van der Waals surface area contributed by atoms with E-state index in [1.807, 2.05) is 27.2 Å². The smallest absolute Gasteiger partial charge is 0.268 e. The van der Waals surface area contributed by atoms with E-state index in [0.29, 0.717) is 17.4 Å². The number of hydrogen-bond acceptors (Lipinski definition) is 6. The van der Waals surface area contributed by atoms with Crippen LogP contribution in [0.5, 0.6) is 0 Å². The first kappa shape index (κ1) is 53.2. The van der Waals surface area contributed by atoms with Crippen LogP contribution >= 0.6 is 7.82 Å². The van der Waals surface area contributed by atoms with Gasteiger partial charge in [-0.05, 0) is 57.8 Å². The van der Waals surface area contributed by atoms with Gasteiger partial charge in [-0.2, -0.15) is 0 Å². The summed E-state index contributed by atoms with van der Waals surface area (Å²) in [5.74, 6) is -0.254. The average Bonchev–Trinajstić information content (AvgIpc) is 3.13. The Morgan fingerprint density at radius 1 is 0.636 bits per heavy atom. The van der Waals surface area contributed by atoms with E-state index in [0.717, 1.165) is 44.9 Å². The summed E-state index contributed by atoms with van der Waals surface area (Å²) in [6.07, 6.45) is 48.5. The number of hydrogen-bond donors (Lipinski definition) is 2. The lowest BCUT2D eigenvalue weighted by Crippen LogP contribution is -2.45. The van der Waals surface area contributed by atoms with Gasteiger partial charge in [0, 0.05) is 6.42 Å². The van der Waals surface area contributed by atoms with Crippen LogP contribution in [0.4, 0.5) is 0 Å². The van der Waals surface area contributed by atoms with Crippen molar-refractivity contribution in [3.8, 4) is 0 Å². The van der Waals surface area contributed by atoms with Gasteiger partial charge in [0.05, 0.1) is 39.9 Å². The molecule has 0 saturated carbocycles. The van der Waals surface area contributed by atoms with Crippen molar-refractivity contribution in [1.82, 2.24) is 5.32 Å². The lowest BCUT2D eigenvalue weighted by molar-refractivity contribution is -0.870. The maximum Gasteiger partial charge on any atom is 0.268 e. The molecule has 0 aromatic rings. The summed E-state index contributed by atoms with van der Waals surface area (Å²) in [6.45, 7) is 4.57. The highest BCUT2D eigenvalue weighted by atomic mass is 31.2. The molecule has 1 unspecified atom stereocenters. The number of aliphatic hydroxyl groups is 1. The molecule has 8 nitrogen and oxygen atoms in total. The number of nitrogens with one attached hydrogen (secondary N) is 1. The number of likely N-dealkylation sites (N-methyl/N-ethyl adjacent to an activating group) is 1. The molecule has 1 amide bonds. The maximum atomic E-state index is 12.8. The number of phosphoric acid groups is 1. The molecular weight excluding hydrogens is 707 g/mol. The van der Waals surface area contributed by atoms with Crippen molar-refractivity contribution in [2.45, 2.75) is 187 Å². The fourth-order valence-corrected chi connectivity index (χ4v) is 6.63. The minimum Gasteiger partial charge on any atom is -0.756 e. The summed E-state index contributed by atoms with van der Waals surface area (Å²) in [6, 6.07) is -0.915. The first-order valence-electron chi connectivity index (χ1n) is 22.2. The lowest BCUT2D eigenvalue weighted by Gasteiger charge is -2.29. The Bertz CT molecular complexity index is 1080. The van der Waals surface area contributed by atoms with E-state index >= 15 is 0 Å². The molecule has 320 valence electrons. The Labute approximate surface area is 339 Å². The SMILES string of the molecule is CCCCCCCCC/C=C/C/C=C/C/C=C/C/C=C/CCCC(=O)N[C@@H](COP(=O)([O-])OCC[N+](C)(C)C)[C@H](O)/C=C/CCCCCCCCCCCC. The largest absolute Gasteiger partial charge is 0.756 e. The third-order valence-corrected chi connectivity index (χ3v) is 10.4. The lowest BCUT2D eigenvalue weighted by atomic mass is 10.1. The minimum atomic E-state index is -4.60. The predicted octanol–water partition coefficient (Wildman–Crippen LogP) is 11.6. The summed E-state index contributed by atoms with van der Waals surface area (Å²) in [5, 5.41) is 13.7. The molecule has 0 fully saturated rings. The third-order valence-electron chi connectivity index (χ3n) is 9.47. The van der Waals surface area contributed by atoms with E-state index in [2.05, 4.69) is 67.8 Å². The first-order chi connectivity index (χ1) is 26.5. The van der Waals surface area contributed by atoms with Crippen LogP contribution in [0.3, 0.4) is 0 Å². The summed E-state index contributed by atoms with van der Waals surface area (Å²) >= 11 is 0. The first-order valence-corrected chi connectivity index (χ1v) is 23.6. The molecular formula is C46H85N2O6P. The highest BCUT2D eigenvalue weighted by Gasteiger charge is 2.23. The Morgan fingerprint density at radius 3 is 1.53 bits per heavy atom. The van der Waals surface area contributed by atoms with Gasteiger partial charge >= 0.3 is 0 Å². The summed E-state index contributed by atoms with van der Waals surface area (Å²) in [7, 11) is 1.22. The predicted molar refractivity (Wildman–Crippen MR) is 233 cm³/mol. The molecule has 0 saturated heterocycles. The summed E-state index contributed by atoms with van der Waals surface area (Å²) < 4.78 is 23.1. The number of nitrogens with zero attached hydrogens (tertiary/aromatic N) is 1. The number of amides is 1. The van der Waals surface area contributed by atoms with Crippen molar-refractivity contribution >= 4 is 13.7 Å². The Hall–Kier alpha value is -1.80. The van der Waals surface area contributed by atoms with Crippen LogP contribution in [0.2, 0.25) is 0 Å². The number of unbranched alkanes of at least 4 members (excludes halogenated alkanes) is 18. The number of aliphatic hydroxyl groups excluding tert-OH is 1. The topological polar surface area (TPSA) is 108 Å². The molecule has 0 aliphatic rings. The number of phosphoric ester groups is 1. The zero-order valence-electron chi connectivity index (χ0n) is 36.1. The molecule has 0 aliphatic heterocycles. The number of quaternary nitrogens is 1. The van der Waals surface area contributed by atoms with Crippen molar-refractivity contribution in [2.75, 3.05) is 40.9 Å². The minimum absolute atomic E-state index is 0.0136. The Kier molecular flexibility index (Phi) is 36.5.